The molecule has 6 heteroatoms. The molecule has 2 fully saturated rings. The van der Waals surface area contributed by atoms with Gasteiger partial charge in [-0.05, 0) is 31.6 Å². The van der Waals surface area contributed by atoms with Gasteiger partial charge in [-0.25, -0.2) is 4.79 Å². The maximum absolute atomic E-state index is 11.9. The molecule has 18 heavy (non-hydrogen) atoms. The monoisotopic (exact) mass is 250 g/mol. The molecular weight excluding hydrogens is 236 g/mol. The number of amides is 1. The SMILES string of the molecule is O=C(NC(C(=O)O)C1CC1)c1cc(C2CC2)on1. The van der Waals surface area contributed by atoms with E-state index in [0.29, 0.717) is 5.92 Å². The molecule has 2 saturated carbocycles. The fourth-order valence-corrected chi connectivity index (χ4v) is 1.98. The molecule has 0 saturated heterocycles. The highest BCUT2D eigenvalue weighted by molar-refractivity contribution is 5.95. The zero-order chi connectivity index (χ0) is 12.7. The number of carboxylic acids is 1. The highest BCUT2D eigenvalue weighted by atomic mass is 16.5. The van der Waals surface area contributed by atoms with Crippen molar-refractivity contribution in [2.45, 2.75) is 37.6 Å². The number of carbonyl (C=O) groups is 2. The Balaban J connectivity index is 1.66. The van der Waals surface area contributed by atoms with E-state index in [1.54, 1.807) is 6.07 Å². The van der Waals surface area contributed by atoms with Gasteiger partial charge in [-0.3, -0.25) is 4.79 Å². The standard InChI is InChI=1S/C12H14N2O4/c15-11(13-10(12(16)17)7-3-4-7)8-5-9(18-14-8)6-1-2-6/h5-7,10H,1-4H2,(H,13,15)(H,16,17). The van der Waals surface area contributed by atoms with Gasteiger partial charge in [-0.1, -0.05) is 5.16 Å². The van der Waals surface area contributed by atoms with Crippen LogP contribution in [-0.4, -0.2) is 28.2 Å². The number of hydrogen-bond acceptors (Lipinski definition) is 4. The lowest BCUT2D eigenvalue weighted by Gasteiger charge is -2.11. The lowest BCUT2D eigenvalue weighted by atomic mass is 10.2. The third-order valence-electron chi connectivity index (χ3n) is 3.39. The molecule has 2 aliphatic rings. The van der Waals surface area contributed by atoms with E-state index in [4.69, 9.17) is 9.63 Å². The first-order valence-electron chi connectivity index (χ1n) is 6.15. The zero-order valence-electron chi connectivity index (χ0n) is 9.76. The van der Waals surface area contributed by atoms with Crippen LogP contribution >= 0.6 is 0 Å². The second kappa shape index (κ2) is 4.12. The molecule has 1 unspecified atom stereocenters. The summed E-state index contributed by atoms with van der Waals surface area (Å²) >= 11 is 0. The second-order valence-electron chi connectivity index (χ2n) is 5.02. The minimum Gasteiger partial charge on any atom is -0.480 e. The molecule has 3 rings (SSSR count). The molecule has 0 bridgehead atoms. The third-order valence-corrected chi connectivity index (χ3v) is 3.39. The molecule has 0 aliphatic heterocycles. The fraction of sp³-hybridized carbons (Fsp3) is 0.583. The van der Waals surface area contributed by atoms with Gasteiger partial charge in [-0.15, -0.1) is 0 Å². The number of nitrogens with zero attached hydrogens (tertiary/aromatic N) is 1. The Morgan fingerprint density at radius 1 is 1.39 bits per heavy atom. The largest absolute Gasteiger partial charge is 0.480 e. The van der Waals surface area contributed by atoms with Gasteiger partial charge >= 0.3 is 5.97 Å². The molecule has 0 radical (unpaired) electrons. The van der Waals surface area contributed by atoms with Crippen molar-refractivity contribution in [2.24, 2.45) is 5.92 Å². The Bertz CT molecular complexity index is 488. The molecule has 0 spiro atoms. The normalized spacial score (nSPS) is 20.4. The summed E-state index contributed by atoms with van der Waals surface area (Å²) in [5.74, 6) is -0.292. The van der Waals surface area contributed by atoms with Crippen molar-refractivity contribution in [3.8, 4) is 0 Å². The van der Waals surface area contributed by atoms with E-state index < -0.39 is 17.9 Å². The summed E-state index contributed by atoms with van der Waals surface area (Å²) in [6, 6.07) is 0.803. The molecule has 2 aliphatic carbocycles. The van der Waals surface area contributed by atoms with Gasteiger partial charge in [0.25, 0.3) is 5.91 Å². The average molecular weight is 250 g/mol. The zero-order valence-corrected chi connectivity index (χ0v) is 9.76. The van der Waals surface area contributed by atoms with E-state index in [1.807, 2.05) is 0 Å². The lowest BCUT2D eigenvalue weighted by Crippen LogP contribution is -2.42. The molecular formula is C12H14N2O4. The summed E-state index contributed by atoms with van der Waals surface area (Å²) in [5, 5.41) is 15.2. The summed E-state index contributed by atoms with van der Waals surface area (Å²) < 4.78 is 5.07. The Morgan fingerprint density at radius 2 is 2.11 bits per heavy atom. The van der Waals surface area contributed by atoms with Gasteiger partial charge in [0.15, 0.2) is 5.69 Å². The quantitative estimate of drug-likeness (QED) is 0.817. The summed E-state index contributed by atoms with van der Waals surface area (Å²) in [6.45, 7) is 0. The minimum absolute atomic E-state index is 0.0567. The molecule has 96 valence electrons. The van der Waals surface area contributed by atoms with E-state index in [0.717, 1.165) is 31.4 Å². The first kappa shape index (κ1) is 11.3. The number of rotatable bonds is 5. The van der Waals surface area contributed by atoms with Crippen molar-refractivity contribution in [1.82, 2.24) is 10.5 Å². The van der Waals surface area contributed by atoms with Gasteiger partial charge < -0.3 is 14.9 Å². The number of nitrogens with one attached hydrogen (secondary N) is 1. The Morgan fingerprint density at radius 3 is 2.67 bits per heavy atom. The number of carbonyl (C=O) groups excluding carboxylic acids is 1. The molecule has 1 heterocycles. The van der Waals surface area contributed by atoms with Crippen LogP contribution in [0, 0.1) is 5.92 Å². The van der Waals surface area contributed by atoms with Crippen molar-refractivity contribution in [1.29, 1.82) is 0 Å². The van der Waals surface area contributed by atoms with Crippen LogP contribution in [-0.2, 0) is 4.79 Å². The molecule has 6 nitrogen and oxygen atoms in total. The number of aliphatic carboxylic acids is 1. The highest BCUT2D eigenvalue weighted by Gasteiger charge is 2.38. The van der Waals surface area contributed by atoms with Gasteiger partial charge in [0.05, 0.1) is 0 Å². The maximum Gasteiger partial charge on any atom is 0.326 e. The number of aromatic nitrogens is 1. The van der Waals surface area contributed by atoms with Gasteiger partial charge in [-0.2, -0.15) is 0 Å². The van der Waals surface area contributed by atoms with E-state index >= 15 is 0 Å². The first-order valence-corrected chi connectivity index (χ1v) is 6.15. The van der Waals surface area contributed by atoms with Crippen molar-refractivity contribution < 1.29 is 19.2 Å². The average Bonchev–Trinajstić information content (AvgIpc) is 3.25. The molecule has 2 N–H and O–H groups in total. The van der Waals surface area contributed by atoms with Crippen LogP contribution < -0.4 is 5.32 Å². The highest BCUT2D eigenvalue weighted by Crippen LogP contribution is 2.40. The Hall–Kier alpha value is -1.85. The maximum atomic E-state index is 11.9. The van der Waals surface area contributed by atoms with E-state index in [1.165, 1.54) is 0 Å². The Labute approximate surface area is 103 Å². The van der Waals surface area contributed by atoms with Gasteiger partial charge in [0, 0.05) is 12.0 Å². The van der Waals surface area contributed by atoms with E-state index in [9.17, 15) is 9.59 Å². The van der Waals surface area contributed by atoms with Crippen molar-refractivity contribution in [3.63, 3.8) is 0 Å². The van der Waals surface area contributed by atoms with Crippen molar-refractivity contribution in [2.75, 3.05) is 0 Å². The summed E-state index contributed by atoms with van der Waals surface area (Å²) in [7, 11) is 0. The molecule has 1 amide bonds. The summed E-state index contributed by atoms with van der Waals surface area (Å²) in [6.07, 6.45) is 3.83. The second-order valence-corrected chi connectivity index (χ2v) is 5.02. The minimum atomic E-state index is -0.989. The predicted molar refractivity (Wildman–Crippen MR) is 60.1 cm³/mol. The van der Waals surface area contributed by atoms with Crippen LogP contribution in [0.25, 0.3) is 0 Å². The molecule has 0 aromatic carbocycles. The lowest BCUT2D eigenvalue weighted by molar-refractivity contribution is -0.139. The van der Waals surface area contributed by atoms with Crippen LogP contribution in [0.15, 0.2) is 10.6 Å². The summed E-state index contributed by atoms with van der Waals surface area (Å²) in [5.41, 5.74) is 0.170. The predicted octanol–water partition coefficient (Wildman–Crippen LogP) is 1.14. The van der Waals surface area contributed by atoms with Crippen molar-refractivity contribution >= 4 is 11.9 Å². The van der Waals surface area contributed by atoms with Crippen LogP contribution in [0.1, 0.15) is 47.8 Å². The van der Waals surface area contributed by atoms with Crippen LogP contribution in [0.2, 0.25) is 0 Å². The fourth-order valence-electron chi connectivity index (χ4n) is 1.98. The topological polar surface area (TPSA) is 92.4 Å². The smallest absolute Gasteiger partial charge is 0.326 e. The third kappa shape index (κ3) is 2.23. The molecule has 1 aromatic heterocycles. The molecule has 1 aromatic rings. The number of hydrogen-bond donors (Lipinski definition) is 2. The van der Waals surface area contributed by atoms with Crippen LogP contribution in [0.3, 0.4) is 0 Å². The summed E-state index contributed by atoms with van der Waals surface area (Å²) in [4.78, 5) is 22.9. The van der Waals surface area contributed by atoms with Crippen molar-refractivity contribution in [3.05, 3.63) is 17.5 Å². The van der Waals surface area contributed by atoms with Crippen LogP contribution in [0.4, 0.5) is 0 Å². The van der Waals surface area contributed by atoms with E-state index in [2.05, 4.69) is 10.5 Å². The van der Waals surface area contributed by atoms with Gasteiger partial charge in [0.1, 0.15) is 11.8 Å². The van der Waals surface area contributed by atoms with E-state index in [-0.39, 0.29) is 11.6 Å². The number of carboxylic acid groups (broad SMARTS) is 1. The molecule has 1 atom stereocenters. The van der Waals surface area contributed by atoms with Gasteiger partial charge in [0.2, 0.25) is 0 Å². The Kier molecular flexibility index (Phi) is 2.57. The first-order chi connectivity index (χ1) is 8.65. The van der Waals surface area contributed by atoms with Crippen LogP contribution in [0.5, 0.6) is 0 Å².